The van der Waals surface area contributed by atoms with Crippen LogP contribution >= 0.6 is 0 Å². The summed E-state index contributed by atoms with van der Waals surface area (Å²) in [5.74, 6) is -0.255. The third-order valence-corrected chi connectivity index (χ3v) is 7.44. The largest absolute Gasteiger partial charge is 0.463 e. The predicted molar refractivity (Wildman–Crippen MR) is 68.9 cm³/mol. The minimum absolute atomic E-state index is 0.255. The third-order valence-electron chi connectivity index (χ3n) is 2.84. The van der Waals surface area contributed by atoms with Crippen LogP contribution in [-0.2, 0) is 14.0 Å². The first kappa shape index (κ1) is 15.4. The molecule has 0 aromatic carbocycles. The van der Waals surface area contributed by atoms with Crippen LogP contribution in [0.3, 0.4) is 0 Å². The van der Waals surface area contributed by atoms with Crippen molar-refractivity contribution in [3.8, 4) is 0 Å². The second kappa shape index (κ2) is 8.53. The highest BCUT2D eigenvalue weighted by atomic mass is 28.4. The van der Waals surface area contributed by atoms with Crippen LogP contribution in [0.15, 0.2) is 12.2 Å². The van der Waals surface area contributed by atoms with Gasteiger partial charge in [-0.2, -0.15) is 0 Å². The van der Waals surface area contributed by atoms with E-state index in [4.69, 9.17) is 9.16 Å². The van der Waals surface area contributed by atoms with Crippen LogP contribution in [0.5, 0.6) is 0 Å². The molecule has 0 fully saturated rings. The summed E-state index contributed by atoms with van der Waals surface area (Å²) in [5.41, 5.74) is 0. The molecule has 0 N–H and O–H groups in total. The van der Waals surface area contributed by atoms with Gasteiger partial charge in [0.05, 0.1) is 6.61 Å². The highest BCUT2D eigenvalue weighted by Gasteiger charge is 2.30. The molecule has 16 heavy (non-hydrogen) atoms. The zero-order chi connectivity index (χ0) is 12.4. The van der Waals surface area contributed by atoms with Crippen molar-refractivity contribution in [1.82, 2.24) is 0 Å². The van der Waals surface area contributed by atoms with Crippen LogP contribution in [0.1, 0.15) is 27.7 Å². The van der Waals surface area contributed by atoms with Gasteiger partial charge in [-0.25, -0.2) is 4.79 Å². The molecule has 0 saturated carbocycles. The van der Waals surface area contributed by atoms with Crippen LogP contribution in [0.4, 0.5) is 0 Å². The fraction of sp³-hybridized carbons (Fsp3) is 0.750. The number of esters is 1. The second-order valence-electron chi connectivity index (χ2n) is 3.74. The van der Waals surface area contributed by atoms with Crippen molar-refractivity contribution in [2.24, 2.45) is 0 Å². The maximum atomic E-state index is 11.1. The van der Waals surface area contributed by atoms with E-state index in [1.54, 1.807) is 13.0 Å². The molecule has 0 spiro atoms. The maximum absolute atomic E-state index is 11.1. The van der Waals surface area contributed by atoms with E-state index in [1.807, 2.05) is 6.92 Å². The number of ether oxygens (including phenoxy) is 1. The Bertz CT molecular complexity index is 222. The molecule has 0 aromatic rings. The Morgan fingerprint density at radius 2 is 1.88 bits per heavy atom. The van der Waals surface area contributed by atoms with Gasteiger partial charge >= 0.3 is 5.97 Å². The molecule has 0 amide bonds. The molecular formula is C12H24O3Si. The minimum atomic E-state index is -1.63. The monoisotopic (exact) mass is 244 g/mol. The molecule has 0 bridgehead atoms. The van der Waals surface area contributed by atoms with Gasteiger partial charge in [0.15, 0.2) is 8.32 Å². The van der Waals surface area contributed by atoms with Crippen molar-refractivity contribution in [1.29, 1.82) is 0 Å². The fourth-order valence-corrected chi connectivity index (χ4v) is 4.55. The molecule has 3 nitrogen and oxygen atoms in total. The number of rotatable bonds is 8. The number of carbonyl (C=O) groups is 1. The number of hydrogen-bond donors (Lipinski definition) is 0. The lowest BCUT2D eigenvalue weighted by Crippen LogP contribution is -2.38. The molecule has 0 aliphatic rings. The molecule has 0 saturated heterocycles. The Morgan fingerprint density at radius 1 is 1.25 bits per heavy atom. The van der Waals surface area contributed by atoms with E-state index in [2.05, 4.69) is 13.8 Å². The highest BCUT2D eigenvalue weighted by Crippen LogP contribution is 2.21. The van der Waals surface area contributed by atoms with Gasteiger partial charge in [-0.1, -0.05) is 19.9 Å². The first-order valence-corrected chi connectivity index (χ1v) is 8.60. The lowest BCUT2D eigenvalue weighted by atomic mass is 10.5. The number of hydrogen-bond acceptors (Lipinski definition) is 3. The standard InChI is InChI=1S/C12H24O3Si/c1-5-9-12(13)14-10-11-16(7-3,8-4)15-6-2/h5,9H,6-8,10-11H2,1-4H3. The Hall–Kier alpha value is -0.613. The fourth-order valence-electron chi connectivity index (χ4n) is 1.71. The summed E-state index contributed by atoms with van der Waals surface area (Å²) < 4.78 is 11.0. The molecule has 0 unspecified atom stereocenters. The molecule has 0 heterocycles. The second-order valence-corrected chi connectivity index (χ2v) is 8.31. The van der Waals surface area contributed by atoms with Gasteiger partial charge in [-0.05, 0) is 25.9 Å². The van der Waals surface area contributed by atoms with Gasteiger partial charge in [0.25, 0.3) is 0 Å². The van der Waals surface area contributed by atoms with Crippen molar-refractivity contribution in [2.45, 2.75) is 45.8 Å². The van der Waals surface area contributed by atoms with Crippen molar-refractivity contribution in [3.05, 3.63) is 12.2 Å². The quantitative estimate of drug-likeness (QED) is 0.374. The SMILES string of the molecule is CC=CC(=O)OCC[Si](CC)(CC)OCC. The van der Waals surface area contributed by atoms with E-state index in [1.165, 1.54) is 6.08 Å². The summed E-state index contributed by atoms with van der Waals surface area (Å²) in [7, 11) is -1.63. The van der Waals surface area contributed by atoms with E-state index < -0.39 is 8.32 Å². The van der Waals surface area contributed by atoms with Crippen molar-refractivity contribution in [3.63, 3.8) is 0 Å². The average molecular weight is 244 g/mol. The molecule has 0 rings (SSSR count). The summed E-state index contributed by atoms with van der Waals surface area (Å²) in [4.78, 5) is 11.1. The highest BCUT2D eigenvalue weighted by molar-refractivity contribution is 6.73. The Balaban J connectivity index is 4.06. The molecule has 4 heteroatoms. The van der Waals surface area contributed by atoms with Crippen molar-refractivity contribution >= 4 is 14.3 Å². The maximum Gasteiger partial charge on any atom is 0.330 e. The van der Waals surface area contributed by atoms with E-state index in [-0.39, 0.29) is 5.97 Å². The average Bonchev–Trinajstić information content (AvgIpc) is 2.28. The molecule has 0 atom stereocenters. The predicted octanol–water partition coefficient (Wildman–Crippen LogP) is 3.13. The topological polar surface area (TPSA) is 35.5 Å². The Labute approximate surface area is 100.0 Å². The smallest absolute Gasteiger partial charge is 0.330 e. The van der Waals surface area contributed by atoms with E-state index in [9.17, 15) is 4.79 Å². The Morgan fingerprint density at radius 3 is 2.31 bits per heavy atom. The van der Waals surface area contributed by atoms with Gasteiger partial charge in [0, 0.05) is 18.7 Å². The molecule has 0 aliphatic carbocycles. The minimum Gasteiger partial charge on any atom is -0.463 e. The summed E-state index contributed by atoms with van der Waals surface area (Å²) >= 11 is 0. The summed E-state index contributed by atoms with van der Waals surface area (Å²) in [5, 5.41) is 0. The zero-order valence-corrected chi connectivity index (χ0v) is 11.9. The molecular weight excluding hydrogens is 220 g/mol. The van der Waals surface area contributed by atoms with Gasteiger partial charge < -0.3 is 9.16 Å². The first-order chi connectivity index (χ1) is 7.64. The van der Waals surface area contributed by atoms with Gasteiger partial charge in [0.2, 0.25) is 0 Å². The van der Waals surface area contributed by atoms with Crippen LogP contribution in [0.2, 0.25) is 18.1 Å². The van der Waals surface area contributed by atoms with E-state index >= 15 is 0 Å². The lowest BCUT2D eigenvalue weighted by Gasteiger charge is -2.28. The van der Waals surface area contributed by atoms with Crippen LogP contribution in [0, 0.1) is 0 Å². The van der Waals surface area contributed by atoms with Gasteiger partial charge in [0.1, 0.15) is 0 Å². The van der Waals surface area contributed by atoms with Crippen molar-refractivity contribution in [2.75, 3.05) is 13.2 Å². The van der Waals surface area contributed by atoms with E-state index in [0.29, 0.717) is 6.61 Å². The van der Waals surface area contributed by atoms with Crippen LogP contribution in [-0.4, -0.2) is 27.5 Å². The summed E-state index contributed by atoms with van der Waals surface area (Å²) in [6.07, 6.45) is 3.14. The lowest BCUT2D eigenvalue weighted by molar-refractivity contribution is -0.137. The van der Waals surface area contributed by atoms with E-state index in [0.717, 1.165) is 24.7 Å². The zero-order valence-electron chi connectivity index (χ0n) is 10.9. The molecule has 0 aliphatic heterocycles. The normalized spacial score (nSPS) is 12.0. The summed E-state index contributed by atoms with van der Waals surface area (Å²) in [6.45, 7) is 9.41. The molecule has 0 radical (unpaired) electrons. The third kappa shape index (κ3) is 5.46. The summed E-state index contributed by atoms with van der Waals surface area (Å²) in [6, 6.07) is 3.06. The number of carbonyl (C=O) groups excluding carboxylic acids is 1. The molecule has 0 aromatic heterocycles. The van der Waals surface area contributed by atoms with Gasteiger partial charge in [-0.3, -0.25) is 0 Å². The van der Waals surface area contributed by atoms with Crippen molar-refractivity contribution < 1.29 is 14.0 Å². The number of allylic oxidation sites excluding steroid dienone is 1. The van der Waals surface area contributed by atoms with Crippen LogP contribution in [0.25, 0.3) is 0 Å². The first-order valence-electron chi connectivity index (χ1n) is 6.07. The van der Waals surface area contributed by atoms with Gasteiger partial charge in [-0.15, -0.1) is 0 Å². The molecule has 94 valence electrons. The van der Waals surface area contributed by atoms with Crippen LogP contribution < -0.4 is 0 Å². The Kier molecular flexibility index (Phi) is 8.20.